The first kappa shape index (κ1) is 9.75. The van der Waals surface area contributed by atoms with Crippen molar-refractivity contribution in [3.05, 3.63) is 22.4 Å². The lowest BCUT2D eigenvalue weighted by molar-refractivity contribution is 0.180. The minimum Gasteiger partial charge on any atom is -0.393 e. The molecule has 1 nitrogen and oxygen atoms in total. The number of aliphatic hydroxyl groups excluding tert-OH is 1. The number of hydrogen-bond acceptors (Lipinski definition) is 2. The van der Waals surface area contributed by atoms with Crippen molar-refractivity contribution in [3.63, 3.8) is 0 Å². The van der Waals surface area contributed by atoms with Gasteiger partial charge in [0.25, 0.3) is 0 Å². The van der Waals surface area contributed by atoms with E-state index in [1.165, 1.54) is 12.0 Å². The highest BCUT2D eigenvalue weighted by atomic mass is 32.1. The maximum atomic E-state index is 9.01. The van der Waals surface area contributed by atoms with Crippen LogP contribution in [0.1, 0.15) is 31.7 Å². The Morgan fingerprint density at radius 2 is 2.33 bits per heavy atom. The van der Waals surface area contributed by atoms with Crippen LogP contribution in [0, 0.1) is 0 Å². The molecule has 0 aliphatic rings. The number of rotatable bonds is 5. The van der Waals surface area contributed by atoms with Gasteiger partial charge in [0.15, 0.2) is 0 Å². The van der Waals surface area contributed by atoms with Gasteiger partial charge in [-0.1, -0.05) is 6.42 Å². The molecule has 0 saturated carbocycles. The molecule has 1 rings (SSSR count). The summed E-state index contributed by atoms with van der Waals surface area (Å²) in [4.78, 5) is 0. The van der Waals surface area contributed by atoms with Gasteiger partial charge in [-0.05, 0) is 48.6 Å². The van der Waals surface area contributed by atoms with Gasteiger partial charge >= 0.3 is 0 Å². The van der Waals surface area contributed by atoms with Crippen LogP contribution in [-0.2, 0) is 6.42 Å². The topological polar surface area (TPSA) is 20.2 Å². The molecule has 1 aromatic heterocycles. The first-order chi connectivity index (χ1) is 5.79. The van der Waals surface area contributed by atoms with Crippen LogP contribution in [-0.4, -0.2) is 11.2 Å². The predicted octanol–water partition coefficient (Wildman–Crippen LogP) is 2.84. The molecule has 1 heterocycles. The van der Waals surface area contributed by atoms with Crippen molar-refractivity contribution in [1.29, 1.82) is 0 Å². The summed E-state index contributed by atoms with van der Waals surface area (Å²) in [6.45, 7) is 1.85. The molecular formula is C10H16OS. The fourth-order valence-electron chi connectivity index (χ4n) is 1.20. The summed E-state index contributed by atoms with van der Waals surface area (Å²) in [6.07, 6.45) is 4.29. The average Bonchev–Trinajstić information content (AvgIpc) is 2.49. The van der Waals surface area contributed by atoms with Gasteiger partial charge in [-0.3, -0.25) is 0 Å². The maximum Gasteiger partial charge on any atom is 0.0512 e. The van der Waals surface area contributed by atoms with E-state index in [1.807, 2.05) is 6.92 Å². The standard InChI is InChI=1S/C10H16OS/c1-9(11)4-2-3-5-10-6-7-12-8-10/h6-9,11H,2-5H2,1H3/t9-/m1/s1. The van der Waals surface area contributed by atoms with Crippen molar-refractivity contribution >= 4 is 11.3 Å². The van der Waals surface area contributed by atoms with Gasteiger partial charge < -0.3 is 5.11 Å². The van der Waals surface area contributed by atoms with E-state index < -0.39 is 0 Å². The smallest absolute Gasteiger partial charge is 0.0512 e. The highest BCUT2D eigenvalue weighted by molar-refractivity contribution is 7.07. The average molecular weight is 184 g/mol. The second-order valence-electron chi connectivity index (χ2n) is 3.23. The van der Waals surface area contributed by atoms with Gasteiger partial charge in [0, 0.05) is 0 Å². The predicted molar refractivity (Wildman–Crippen MR) is 53.6 cm³/mol. The molecular weight excluding hydrogens is 168 g/mol. The molecule has 0 aliphatic heterocycles. The fraction of sp³-hybridized carbons (Fsp3) is 0.600. The zero-order chi connectivity index (χ0) is 8.81. The van der Waals surface area contributed by atoms with Gasteiger partial charge in [0.05, 0.1) is 6.10 Å². The van der Waals surface area contributed by atoms with Crippen molar-refractivity contribution < 1.29 is 5.11 Å². The minimum absolute atomic E-state index is 0.132. The Bertz CT molecular complexity index is 192. The zero-order valence-electron chi connectivity index (χ0n) is 7.49. The summed E-state index contributed by atoms with van der Waals surface area (Å²) in [7, 11) is 0. The maximum absolute atomic E-state index is 9.01. The first-order valence-electron chi connectivity index (χ1n) is 4.48. The van der Waals surface area contributed by atoms with E-state index in [1.54, 1.807) is 11.3 Å². The van der Waals surface area contributed by atoms with Crippen molar-refractivity contribution in [2.75, 3.05) is 0 Å². The third-order valence-corrected chi connectivity index (χ3v) is 2.65. The number of unbranched alkanes of at least 4 members (excludes halogenated alkanes) is 1. The quantitative estimate of drug-likeness (QED) is 0.698. The summed E-state index contributed by atoms with van der Waals surface area (Å²) < 4.78 is 0. The molecule has 1 atom stereocenters. The highest BCUT2D eigenvalue weighted by Gasteiger charge is 1.96. The molecule has 0 fully saturated rings. The van der Waals surface area contributed by atoms with E-state index in [2.05, 4.69) is 16.8 Å². The third-order valence-electron chi connectivity index (χ3n) is 1.92. The molecule has 1 aromatic rings. The van der Waals surface area contributed by atoms with Gasteiger partial charge in [0.1, 0.15) is 0 Å². The van der Waals surface area contributed by atoms with Gasteiger partial charge in [-0.2, -0.15) is 11.3 Å². The summed E-state index contributed by atoms with van der Waals surface area (Å²) in [6, 6.07) is 2.17. The molecule has 0 aliphatic carbocycles. The molecule has 68 valence electrons. The van der Waals surface area contributed by atoms with E-state index in [4.69, 9.17) is 5.11 Å². The number of aliphatic hydroxyl groups is 1. The lowest BCUT2D eigenvalue weighted by Crippen LogP contribution is -1.98. The number of thiophene rings is 1. The van der Waals surface area contributed by atoms with Crippen LogP contribution < -0.4 is 0 Å². The third kappa shape index (κ3) is 3.88. The van der Waals surface area contributed by atoms with Crippen LogP contribution >= 0.6 is 11.3 Å². The molecule has 0 spiro atoms. The summed E-state index contributed by atoms with van der Waals surface area (Å²) in [5, 5.41) is 13.3. The van der Waals surface area contributed by atoms with Crippen molar-refractivity contribution in [3.8, 4) is 0 Å². The first-order valence-corrected chi connectivity index (χ1v) is 5.42. The van der Waals surface area contributed by atoms with Crippen LogP contribution in [0.3, 0.4) is 0 Å². The van der Waals surface area contributed by atoms with Gasteiger partial charge in [0.2, 0.25) is 0 Å². The lowest BCUT2D eigenvalue weighted by Gasteiger charge is -2.02. The van der Waals surface area contributed by atoms with Crippen LogP contribution in [0.15, 0.2) is 16.8 Å². The molecule has 0 bridgehead atoms. The number of hydrogen-bond donors (Lipinski definition) is 1. The SMILES string of the molecule is C[C@@H](O)CCCCc1ccsc1. The Labute approximate surface area is 78.1 Å². The molecule has 12 heavy (non-hydrogen) atoms. The Kier molecular flexibility index (Phi) is 4.33. The second kappa shape index (κ2) is 5.33. The van der Waals surface area contributed by atoms with Crippen molar-refractivity contribution in [2.24, 2.45) is 0 Å². The van der Waals surface area contributed by atoms with E-state index in [-0.39, 0.29) is 6.10 Å². The molecule has 2 heteroatoms. The Hall–Kier alpha value is -0.340. The lowest BCUT2D eigenvalue weighted by atomic mass is 10.1. The van der Waals surface area contributed by atoms with Crippen molar-refractivity contribution in [2.45, 2.75) is 38.7 Å². The largest absolute Gasteiger partial charge is 0.393 e. The van der Waals surface area contributed by atoms with Gasteiger partial charge in [-0.25, -0.2) is 0 Å². The van der Waals surface area contributed by atoms with E-state index >= 15 is 0 Å². The Morgan fingerprint density at radius 3 is 2.92 bits per heavy atom. The van der Waals surface area contributed by atoms with E-state index in [0.29, 0.717) is 0 Å². The highest BCUT2D eigenvalue weighted by Crippen LogP contribution is 2.10. The van der Waals surface area contributed by atoms with Crippen LogP contribution in [0.2, 0.25) is 0 Å². The Balaban J connectivity index is 2.04. The molecule has 1 N–H and O–H groups in total. The van der Waals surface area contributed by atoms with E-state index in [9.17, 15) is 0 Å². The van der Waals surface area contributed by atoms with Crippen LogP contribution in [0.25, 0.3) is 0 Å². The monoisotopic (exact) mass is 184 g/mol. The summed E-state index contributed by atoms with van der Waals surface area (Å²) in [5.74, 6) is 0. The second-order valence-corrected chi connectivity index (χ2v) is 4.01. The summed E-state index contributed by atoms with van der Waals surface area (Å²) >= 11 is 1.75. The molecule has 0 radical (unpaired) electrons. The molecule has 0 amide bonds. The zero-order valence-corrected chi connectivity index (χ0v) is 8.31. The Morgan fingerprint density at radius 1 is 1.50 bits per heavy atom. The van der Waals surface area contributed by atoms with Crippen LogP contribution in [0.4, 0.5) is 0 Å². The van der Waals surface area contributed by atoms with Gasteiger partial charge in [-0.15, -0.1) is 0 Å². The molecule has 0 unspecified atom stereocenters. The fourth-order valence-corrected chi connectivity index (χ4v) is 1.91. The molecule has 0 saturated heterocycles. The minimum atomic E-state index is -0.132. The van der Waals surface area contributed by atoms with Crippen LogP contribution in [0.5, 0.6) is 0 Å². The van der Waals surface area contributed by atoms with Crippen molar-refractivity contribution in [1.82, 2.24) is 0 Å². The van der Waals surface area contributed by atoms with E-state index in [0.717, 1.165) is 19.3 Å². The normalized spacial score (nSPS) is 13.2. The number of aryl methyl sites for hydroxylation is 1. The molecule has 0 aromatic carbocycles. The summed E-state index contributed by atoms with van der Waals surface area (Å²) in [5.41, 5.74) is 1.44.